The highest BCUT2D eigenvalue weighted by Crippen LogP contribution is 2.17. The first-order valence-corrected chi connectivity index (χ1v) is 7.17. The van der Waals surface area contributed by atoms with Crippen LogP contribution < -0.4 is 10.0 Å². The molecule has 0 aliphatic rings. The molecule has 0 fully saturated rings. The smallest absolute Gasteiger partial charge is 0.340 e. The van der Waals surface area contributed by atoms with E-state index in [1.54, 1.807) is 12.1 Å². The molecule has 104 valence electrons. The van der Waals surface area contributed by atoms with Crippen LogP contribution in [-0.2, 0) is 19.6 Å². The van der Waals surface area contributed by atoms with Crippen molar-refractivity contribution in [2.75, 3.05) is 24.6 Å². The van der Waals surface area contributed by atoms with Gasteiger partial charge in [-0.05, 0) is 12.1 Å². The molecule has 8 heteroatoms. The summed E-state index contributed by atoms with van der Waals surface area (Å²) in [5.74, 6) is -1.24. The van der Waals surface area contributed by atoms with Crippen LogP contribution in [0.3, 0.4) is 0 Å². The Morgan fingerprint density at radius 1 is 1.26 bits per heavy atom. The number of esters is 1. The molecule has 0 radical (unpaired) electrons. The number of para-hydroxylation sites is 1. The molecule has 0 aromatic heterocycles. The molecule has 0 unspecified atom stereocenters. The van der Waals surface area contributed by atoms with Gasteiger partial charge >= 0.3 is 5.97 Å². The monoisotopic (exact) mass is 286 g/mol. The molecular formula is C11H14N2O5S. The number of carbonyl (C=O) groups excluding carboxylic acids is 2. The number of likely N-dealkylation sites (N-methyl/N-ethyl adjacent to an activating group) is 1. The second kappa shape index (κ2) is 6.19. The Labute approximate surface area is 111 Å². The number of anilines is 1. The molecule has 0 aliphatic heterocycles. The molecule has 0 aliphatic carbocycles. The second-order valence-corrected chi connectivity index (χ2v) is 5.42. The molecule has 19 heavy (non-hydrogen) atoms. The summed E-state index contributed by atoms with van der Waals surface area (Å²) in [7, 11) is -2.09. The summed E-state index contributed by atoms with van der Waals surface area (Å²) in [6.07, 6.45) is 0.972. The third-order valence-electron chi connectivity index (χ3n) is 2.06. The van der Waals surface area contributed by atoms with Crippen molar-refractivity contribution < 1.29 is 22.7 Å². The molecule has 0 spiro atoms. The number of hydrogen-bond acceptors (Lipinski definition) is 5. The Morgan fingerprint density at radius 3 is 2.47 bits per heavy atom. The van der Waals surface area contributed by atoms with Gasteiger partial charge in [0.15, 0.2) is 6.61 Å². The van der Waals surface area contributed by atoms with E-state index in [9.17, 15) is 18.0 Å². The van der Waals surface area contributed by atoms with Gasteiger partial charge in [-0.3, -0.25) is 9.52 Å². The van der Waals surface area contributed by atoms with Crippen molar-refractivity contribution in [3.8, 4) is 0 Å². The van der Waals surface area contributed by atoms with Crippen LogP contribution in [0, 0.1) is 0 Å². The minimum Gasteiger partial charge on any atom is -0.452 e. The maximum absolute atomic E-state index is 11.7. The van der Waals surface area contributed by atoms with E-state index in [4.69, 9.17) is 4.74 Å². The van der Waals surface area contributed by atoms with Crippen LogP contribution in [0.15, 0.2) is 24.3 Å². The largest absolute Gasteiger partial charge is 0.452 e. The lowest BCUT2D eigenvalue weighted by Crippen LogP contribution is -2.25. The third kappa shape index (κ3) is 4.96. The predicted octanol–water partition coefficient (Wildman–Crippen LogP) is -0.0391. The van der Waals surface area contributed by atoms with Crippen molar-refractivity contribution in [3.05, 3.63) is 29.8 Å². The van der Waals surface area contributed by atoms with E-state index >= 15 is 0 Å². The van der Waals surface area contributed by atoms with Gasteiger partial charge in [0.25, 0.3) is 5.91 Å². The minimum atomic E-state index is -3.51. The fraction of sp³-hybridized carbons (Fsp3) is 0.273. The average molecular weight is 286 g/mol. The quantitative estimate of drug-likeness (QED) is 0.740. The molecule has 0 saturated carbocycles. The number of amides is 1. The molecule has 7 nitrogen and oxygen atoms in total. The second-order valence-electron chi connectivity index (χ2n) is 3.67. The van der Waals surface area contributed by atoms with Crippen molar-refractivity contribution in [2.24, 2.45) is 0 Å². The number of nitrogens with one attached hydrogen (secondary N) is 2. The first-order chi connectivity index (χ1) is 8.83. The molecule has 2 N–H and O–H groups in total. The zero-order chi connectivity index (χ0) is 14.5. The highest BCUT2D eigenvalue weighted by atomic mass is 32.2. The number of rotatable bonds is 5. The van der Waals surface area contributed by atoms with E-state index in [1.165, 1.54) is 19.2 Å². The first kappa shape index (κ1) is 15.0. The van der Waals surface area contributed by atoms with Gasteiger partial charge in [0.05, 0.1) is 17.5 Å². The summed E-state index contributed by atoms with van der Waals surface area (Å²) in [6.45, 7) is -0.428. The molecule has 1 aromatic carbocycles. The molecule has 0 heterocycles. The fourth-order valence-electron chi connectivity index (χ4n) is 1.23. The van der Waals surface area contributed by atoms with Gasteiger partial charge in [0.1, 0.15) is 0 Å². The lowest BCUT2D eigenvalue weighted by Gasteiger charge is -2.09. The average Bonchev–Trinajstić information content (AvgIpc) is 2.34. The van der Waals surface area contributed by atoms with Gasteiger partial charge in [-0.2, -0.15) is 0 Å². The lowest BCUT2D eigenvalue weighted by molar-refractivity contribution is -0.123. The van der Waals surface area contributed by atoms with Crippen molar-refractivity contribution >= 4 is 27.6 Å². The number of ether oxygens (including phenoxy) is 1. The Morgan fingerprint density at radius 2 is 1.89 bits per heavy atom. The van der Waals surface area contributed by atoms with Crippen LogP contribution >= 0.6 is 0 Å². The SMILES string of the molecule is CNC(=O)COC(=O)c1ccccc1NS(C)(=O)=O. The van der Waals surface area contributed by atoms with Crippen molar-refractivity contribution in [1.82, 2.24) is 5.32 Å². The molecule has 1 aromatic rings. The van der Waals surface area contributed by atoms with Crippen LogP contribution in [0.5, 0.6) is 0 Å². The Hall–Kier alpha value is -2.09. The third-order valence-corrected chi connectivity index (χ3v) is 2.65. The zero-order valence-electron chi connectivity index (χ0n) is 10.5. The normalized spacial score (nSPS) is 10.6. The van der Waals surface area contributed by atoms with Crippen molar-refractivity contribution in [3.63, 3.8) is 0 Å². The molecule has 0 bridgehead atoms. The highest BCUT2D eigenvalue weighted by Gasteiger charge is 2.15. The van der Waals surface area contributed by atoms with Crippen molar-refractivity contribution in [2.45, 2.75) is 0 Å². The molecule has 1 rings (SSSR count). The highest BCUT2D eigenvalue weighted by molar-refractivity contribution is 7.92. The van der Waals surface area contributed by atoms with Gasteiger partial charge in [-0.15, -0.1) is 0 Å². The summed E-state index contributed by atoms with van der Waals surface area (Å²) in [5, 5.41) is 2.30. The topological polar surface area (TPSA) is 102 Å². The van der Waals surface area contributed by atoms with Crippen molar-refractivity contribution in [1.29, 1.82) is 0 Å². The molecular weight excluding hydrogens is 272 g/mol. The van der Waals surface area contributed by atoms with Gasteiger partial charge < -0.3 is 10.1 Å². The van der Waals surface area contributed by atoms with Gasteiger partial charge in [0.2, 0.25) is 10.0 Å². The summed E-state index contributed by atoms with van der Waals surface area (Å²) >= 11 is 0. The summed E-state index contributed by atoms with van der Waals surface area (Å²) in [6, 6.07) is 5.96. The Bertz CT molecular complexity index is 583. The lowest BCUT2D eigenvalue weighted by atomic mass is 10.2. The number of hydrogen-bond donors (Lipinski definition) is 2. The number of sulfonamides is 1. The maximum Gasteiger partial charge on any atom is 0.340 e. The van der Waals surface area contributed by atoms with Crippen LogP contribution in [0.4, 0.5) is 5.69 Å². The summed E-state index contributed by atoms with van der Waals surface area (Å²) in [4.78, 5) is 22.7. The van der Waals surface area contributed by atoms with E-state index < -0.39 is 28.5 Å². The van der Waals surface area contributed by atoms with Gasteiger partial charge in [0, 0.05) is 7.05 Å². The predicted molar refractivity (Wildman–Crippen MR) is 69.3 cm³/mol. The van der Waals surface area contributed by atoms with Gasteiger partial charge in [-0.1, -0.05) is 12.1 Å². The molecule has 0 atom stereocenters. The van der Waals surface area contributed by atoms with Crippen LogP contribution in [0.2, 0.25) is 0 Å². The molecule has 0 saturated heterocycles. The van der Waals surface area contributed by atoms with E-state index in [0.29, 0.717) is 0 Å². The van der Waals surface area contributed by atoms with E-state index in [1.807, 2.05) is 0 Å². The Kier molecular flexibility index (Phi) is 4.87. The van der Waals surface area contributed by atoms with Crippen LogP contribution in [0.25, 0.3) is 0 Å². The standard InChI is InChI=1S/C11H14N2O5S/c1-12-10(14)7-18-11(15)8-5-3-4-6-9(8)13-19(2,16)17/h3-6,13H,7H2,1-2H3,(H,12,14). The van der Waals surface area contributed by atoms with E-state index in [2.05, 4.69) is 10.0 Å². The van der Waals surface area contributed by atoms with E-state index in [-0.39, 0.29) is 11.3 Å². The van der Waals surface area contributed by atoms with Crippen LogP contribution in [0.1, 0.15) is 10.4 Å². The summed E-state index contributed by atoms with van der Waals surface area (Å²) < 4.78 is 29.3. The zero-order valence-corrected chi connectivity index (χ0v) is 11.3. The maximum atomic E-state index is 11.7. The first-order valence-electron chi connectivity index (χ1n) is 5.28. The Balaban J connectivity index is 2.88. The van der Waals surface area contributed by atoms with E-state index in [0.717, 1.165) is 6.26 Å². The number of carbonyl (C=O) groups is 2. The molecule has 1 amide bonds. The van der Waals surface area contributed by atoms with Gasteiger partial charge in [-0.25, -0.2) is 13.2 Å². The summed E-state index contributed by atoms with van der Waals surface area (Å²) in [5.41, 5.74) is 0.142. The minimum absolute atomic E-state index is 0.0387. The number of benzene rings is 1. The van der Waals surface area contributed by atoms with Crippen LogP contribution in [-0.4, -0.2) is 40.2 Å². The fourth-order valence-corrected chi connectivity index (χ4v) is 1.81.